The molecule has 33 heavy (non-hydrogen) atoms. The van der Waals surface area contributed by atoms with Crippen molar-refractivity contribution in [3.05, 3.63) is 90.0 Å². The van der Waals surface area contributed by atoms with Gasteiger partial charge in [-0.25, -0.2) is 0 Å². The summed E-state index contributed by atoms with van der Waals surface area (Å²) >= 11 is 0. The summed E-state index contributed by atoms with van der Waals surface area (Å²) in [5.74, 6) is -1.10. The number of carbonyl (C=O) groups excluding carboxylic acids is 1. The van der Waals surface area contributed by atoms with E-state index in [2.05, 4.69) is 18.0 Å². The number of hydrogen-bond donors (Lipinski definition) is 0. The van der Waals surface area contributed by atoms with Gasteiger partial charge in [-0.2, -0.15) is 0 Å². The summed E-state index contributed by atoms with van der Waals surface area (Å²) in [4.78, 5) is 31.3. The fraction of sp³-hybridized carbons (Fsp3) is 0.174. The van der Waals surface area contributed by atoms with Crippen LogP contribution in [0.15, 0.2) is 78.9 Å². The van der Waals surface area contributed by atoms with Gasteiger partial charge in [-0.1, -0.05) is 93.1 Å². The number of unbranched alkanes of at least 4 members (excludes halogenated alkanes) is 2. The number of carboxylic acids is 1. The number of hydrogen-bond acceptors (Lipinski definition) is 6. The Labute approximate surface area is 262 Å². The number of carboxylic acid groups (broad SMARTS) is 1. The molecule has 0 spiro atoms. The zero-order chi connectivity index (χ0) is 22.4. The molecule has 0 aliphatic heterocycles. The van der Waals surface area contributed by atoms with E-state index in [1.165, 1.54) is 12.1 Å². The van der Waals surface area contributed by atoms with Crippen molar-refractivity contribution in [1.82, 2.24) is 0 Å². The van der Waals surface area contributed by atoms with Crippen LogP contribution < -0.4 is 108 Å². The maximum atomic E-state index is 10.9. The summed E-state index contributed by atoms with van der Waals surface area (Å²) in [7, 11) is -4.94. The first-order valence-electron chi connectivity index (χ1n) is 9.34. The van der Waals surface area contributed by atoms with Crippen molar-refractivity contribution in [2.24, 2.45) is 0 Å². The van der Waals surface area contributed by atoms with Crippen LogP contribution >= 0.6 is 7.82 Å². The van der Waals surface area contributed by atoms with Gasteiger partial charge in [0, 0.05) is 0 Å². The minimum Gasteiger partial charge on any atom is -0.780 e. The molecule has 0 aliphatic carbocycles. The van der Waals surface area contributed by atoms with Gasteiger partial charge in [0.1, 0.15) is 13.6 Å². The van der Waals surface area contributed by atoms with Crippen molar-refractivity contribution in [1.29, 1.82) is 0 Å². The van der Waals surface area contributed by atoms with E-state index in [0.29, 0.717) is 0 Å². The zero-order valence-electron chi connectivity index (χ0n) is 19.7. The minimum absolute atomic E-state index is 0. The van der Waals surface area contributed by atoms with E-state index < -0.39 is 13.8 Å². The Morgan fingerprint density at radius 1 is 1.00 bits per heavy atom. The number of carbonyl (C=O) groups is 1. The first-order chi connectivity index (χ1) is 14.2. The van der Waals surface area contributed by atoms with Crippen molar-refractivity contribution >= 4 is 25.9 Å². The Balaban J connectivity index is -0.000000514. The van der Waals surface area contributed by atoms with Crippen LogP contribution in [0.1, 0.15) is 37.3 Å². The maximum Gasteiger partial charge on any atom is 1.00 e. The van der Waals surface area contributed by atoms with E-state index in [-0.39, 0.29) is 100.0 Å². The number of phosphoric ester groups is 1. The maximum absolute atomic E-state index is 10.9. The van der Waals surface area contributed by atoms with Gasteiger partial charge in [0.05, 0.1) is 5.97 Å². The Kier molecular flexibility index (Phi) is 24.4. The molecule has 0 heterocycles. The van der Waals surface area contributed by atoms with E-state index in [4.69, 9.17) is 0 Å². The summed E-state index contributed by atoms with van der Waals surface area (Å²) < 4.78 is 14.3. The van der Waals surface area contributed by atoms with Crippen LogP contribution in [0.3, 0.4) is 0 Å². The predicted octanol–water partition coefficient (Wildman–Crippen LogP) is -5.88. The monoisotopic (exact) mass is 496 g/mol. The van der Waals surface area contributed by atoms with Gasteiger partial charge >= 0.3 is 88.7 Å². The number of allylic oxidation sites excluding steroid dienone is 1. The van der Waals surface area contributed by atoms with Crippen LogP contribution in [0.25, 0.3) is 12.2 Å². The molecule has 0 saturated heterocycles. The molecule has 0 unspecified atom stereocenters. The summed E-state index contributed by atoms with van der Waals surface area (Å²) in [6.45, 7) is 5.59. The van der Waals surface area contributed by atoms with Gasteiger partial charge in [-0.3, -0.25) is 0 Å². The van der Waals surface area contributed by atoms with Crippen molar-refractivity contribution in [3.8, 4) is 5.75 Å². The third-order valence-corrected chi connectivity index (χ3v) is 4.18. The average Bonchev–Trinajstić information content (AvgIpc) is 2.71. The predicted molar refractivity (Wildman–Crippen MR) is 113 cm³/mol. The molecular weight excluding hydrogens is 472 g/mol. The molecule has 10 heteroatoms. The van der Waals surface area contributed by atoms with Crippen molar-refractivity contribution < 1.29 is 117 Å². The van der Waals surface area contributed by atoms with Gasteiger partial charge in [0.15, 0.2) is 0 Å². The van der Waals surface area contributed by atoms with Crippen LogP contribution in [-0.4, -0.2) is 5.97 Å². The smallest absolute Gasteiger partial charge is 0.780 e. The normalized spacial score (nSPS) is 10.5. The molecule has 0 aromatic heterocycles. The summed E-state index contributed by atoms with van der Waals surface area (Å²) in [5, 5.41) is 10.9. The van der Waals surface area contributed by atoms with Crippen LogP contribution in [0.5, 0.6) is 5.75 Å². The summed E-state index contributed by atoms with van der Waals surface area (Å²) in [6, 6.07) is 15.6. The fourth-order valence-electron chi connectivity index (χ4n) is 2.23. The fourth-order valence-corrected chi connectivity index (χ4v) is 2.61. The standard InChI is InChI=1S/C15H18O2.C8H9O4P.3Na/c1-2-3-5-10-14(15(16)17)12-11-13-8-6-4-7-9-13;1-2-7-3-5-8(6-4-7)12-13(9,10)11;;;/h4,6-12H,2-3,5H2,1H3,(H,16,17);2-6H,1H2,(H2,9,10,11);;;/q;;3*+1/p-3. The molecule has 2 aromatic carbocycles. The third-order valence-electron chi connectivity index (χ3n) is 3.75. The van der Waals surface area contributed by atoms with E-state index >= 15 is 0 Å². The minimum atomic E-state index is -4.94. The van der Waals surface area contributed by atoms with Crippen LogP contribution in [0.4, 0.5) is 0 Å². The molecule has 0 N–H and O–H groups in total. The molecule has 0 bridgehead atoms. The second-order valence-electron chi connectivity index (χ2n) is 6.14. The Hall–Kier alpha value is 0.0800. The van der Waals surface area contributed by atoms with Crippen LogP contribution in [0.2, 0.25) is 0 Å². The molecular formula is C23H24Na3O6P. The molecule has 2 aromatic rings. The van der Waals surface area contributed by atoms with Crippen molar-refractivity contribution in [3.63, 3.8) is 0 Å². The average molecular weight is 496 g/mol. The number of aliphatic carboxylic acids is 1. The van der Waals surface area contributed by atoms with E-state index in [9.17, 15) is 24.3 Å². The number of rotatable bonds is 9. The Morgan fingerprint density at radius 2 is 1.58 bits per heavy atom. The first kappa shape index (κ1) is 37.6. The second kappa shape index (κ2) is 21.4. The number of benzene rings is 2. The molecule has 160 valence electrons. The Bertz CT molecular complexity index is 910. The molecule has 0 aliphatic rings. The van der Waals surface area contributed by atoms with Crippen LogP contribution in [0, 0.1) is 0 Å². The molecule has 6 nitrogen and oxygen atoms in total. The van der Waals surface area contributed by atoms with Gasteiger partial charge in [0.25, 0.3) is 0 Å². The third kappa shape index (κ3) is 19.0. The van der Waals surface area contributed by atoms with Gasteiger partial charge in [0.2, 0.25) is 0 Å². The molecule has 0 fully saturated rings. The van der Waals surface area contributed by atoms with Crippen molar-refractivity contribution in [2.45, 2.75) is 26.2 Å². The van der Waals surface area contributed by atoms with Gasteiger partial charge in [-0.05, 0) is 35.3 Å². The van der Waals surface area contributed by atoms with Gasteiger partial charge in [-0.15, -0.1) is 0 Å². The first-order valence-corrected chi connectivity index (χ1v) is 10.8. The van der Waals surface area contributed by atoms with Crippen molar-refractivity contribution in [2.75, 3.05) is 0 Å². The second-order valence-corrected chi connectivity index (χ2v) is 7.22. The Morgan fingerprint density at radius 3 is 2.03 bits per heavy atom. The largest absolute Gasteiger partial charge is 1.00 e. The summed E-state index contributed by atoms with van der Waals surface area (Å²) in [6.07, 6.45) is 9.53. The van der Waals surface area contributed by atoms with E-state index in [1.807, 2.05) is 30.3 Å². The SMILES string of the molecule is C=Cc1ccc(OP(=O)([O-])[O-])cc1.CCCCC=C(C=Cc1ccccc1)C(=O)[O-].[Na+].[Na+].[Na+]. The molecule has 0 amide bonds. The topological polar surface area (TPSA) is 113 Å². The molecule has 2 rings (SSSR count). The van der Waals surface area contributed by atoms with E-state index in [0.717, 1.165) is 30.4 Å². The molecule has 0 saturated carbocycles. The number of phosphoric acid groups is 1. The van der Waals surface area contributed by atoms with E-state index in [1.54, 1.807) is 36.4 Å². The molecule has 0 radical (unpaired) electrons. The van der Waals surface area contributed by atoms with Crippen LogP contribution in [-0.2, 0) is 9.36 Å². The zero-order valence-corrected chi connectivity index (χ0v) is 26.6. The quantitative estimate of drug-likeness (QED) is 0.112. The van der Waals surface area contributed by atoms with Gasteiger partial charge < -0.3 is 28.8 Å². The molecule has 0 atom stereocenters. The summed E-state index contributed by atoms with van der Waals surface area (Å²) in [5.41, 5.74) is 2.05.